The van der Waals surface area contributed by atoms with E-state index >= 15 is 0 Å². The van der Waals surface area contributed by atoms with Crippen LogP contribution in [0.4, 0.5) is 4.39 Å². The molecule has 0 saturated heterocycles. The fourth-order valence-corrected chi connectivity index (χ4v) is 1.67. The van der Waals surface area contributed by atoms with Crippen molar-refractivity contribution in [1.29, 1.82) is 0 Å². The van der Waals surface area contributed by atoms with Crippen LogP contribution in [0, 0.1) is 26.7 Å². The summed E-state index contributed by atoms with van der Waals surface area (Å²) < 4.78 is 11.1. The fraction of sp³-hybridized carbons (Fsp3) is 0.474. The van der Waals surface area contributed by atoms with Crippen LogP contribution in [0.25, 0.3) is 5.57 Å². The highest BCUT2D eigenvalue weighted by molar-refractivity contribution is 5.79. The molecule has 1 rings (SSSR count). The summed E-state index contributed by atoms with van der Waals surface area (Å²) in [6, 6.07) is 4.35. The number of allylic oxidation sites excluding steroid dienone is 3. The fourth-order valence-electron chi connectivity index (χ4n) is 1.67. The van der Waals surface area contributed by atoms with Crippen molar-refractivity contribution in [3.05, 3.63) is 52.6 Å². The molecule has 112 valence electrons. The first-order valence-electron chi connectivity index (χ1n) is 7.21. The molecule has 1 heteroatoms. The normalized spacial score (nSPS) is 11.2. The van der Waals surface area contributed by atoms with Crippen molar-refractivity contribution in [2.24, 2.45) is 5.92 Å². The van der Waals surface area contributed by atoms with E-state index in [1.165, 1.54) is 27.8 Å². The molecule has 0 unspecified atom stereocenters. The Bertz CT molecular complexity index is 479. The Hall–Kier alpha value is -1.37. The molecular weight excluding hydrogens is 247 g/mol. The number of rotatable bonds is 3. The molecule has 0 aromatic heterocycles. The van der Waals surface area contributed by atoms with Crippen LogP contribution in [0.1, 0.15) is 49.9 Å². The standard InChI is InChI=1S/C15H20.C4H9F/c1-7-10(2)13(5)15-9-8-11(3)12(4)14(15)6;1-4(2)3-5/h7-9H,5H2,1-4,6H3;4H,3H2,1-2H3/b10-7-;. The summed E-state index contributed by atoms with van der Waals surface area (Å²) in [5.74, 6) is 0.218. The summed E-state index contributed by atoms with van der Waals surface area (Å²) in [7, 11) is 0. The Balaban J connectivity index is 0.000000621. The van der Waals surface area contributed by atoms with Gasteiger partial charge in [0.25, 0.3) is 0 Å². The highest BCUT2D eigenvalue weighted by Crippen LogP contribution is 2.27. The minimum absolute atomic E-state index is 0.194. The maximum absolute atomic E-state index is 11.1. The second-order valence-corrected chi connectivity index (χ2v) is 5.68. The third kappa shape index (κ3) is 5.32. The average molecular weight is 276 g/mol. The quantitative estimate of drug-likeness (QED) is 0.576. The van der Waals surface area contributed by atoms with Gasteiger partial charge in [-0.1, -0.05) is 38.6 Å². The van der Waals surface area contributed by atoms with Crippen LogP contribution in [0.5, 0.6) is 0 Å². The number of hydrogen-bond acceptors (Lipinski definition) is 0. The van der Waals surface area contributed by atoms with Crippen molar-refractivity contribution in [3.63, 3.8) is 0 Å². The van der Waals surface area contributed by atoms with Crippen LogP contribution in [-0.4, -0.2) is 6.67 Å². The molecule has 0 radical (unpaired) electrons. The van der Waals surface area contributed by atoms with E-state index in [1.54, 1.807) is 0 Å². The minimum atomic E-state index is -0.194. The summed E-state index contributed by atoms with van der Waals surface area (Å²) in [6.07, 6.45) is 2.11. The van der Waals surface area contributed by atoms with Crippen molar-refractivity contribution in [2.45, 2.75) is 48.5 Å². The van der Waals surface area contributed by atoms with Crippen LogP contribution in [-0.2, 0) is 0 Å². The predicted molar refractivity (Wildman–Crippen MR) is 89.9 cm³/mol. The van der Waals surface area contributed by atoms with Crippen molar-refractivity contribution >= 4 is 5.57 Å². The summed E-state index contributed by atoms with van der Waals surface area (Å²) in [6.45, 7) is 18.3. The molecule has 0 heterocycles. The molecule has 20 heavy (non-hydrogen) atoms. The van der Waals surface area contributed by atoms with Crippen LogP contribution in [0.3, 0.4) is 0 Å². The summed E-state index contributed by atoms with van der Waals surface area (Å²) in [4.78, 5) is 0. The van der Waals surface area contributed by atoms with Crippen LogP contribution in [0.15, 0.2) is 30.4 Å². The lowest BCUT2D eigenvalue weighted by atomic mass is 9.92. The van der Waals surface area contributed by atoms with E-state index in [1.807, 2.05) is 13.8 Å². The van der Waals surface area contributed by atoms with Crippen molar-refractivity contribution in [3.8, 4) is 0 Å². The molecular formula is C19H29F. The molecule has 1 aromatic carbocycles. The third-order valence-corrected chi connectivity index (χ3v) is 3.60. The van der Waals surface area contributed by atoms with E-state index in [9.17, 15) is 4.39 Å². The number of aryl methyl sites for hydroxylation is 1. The van der Waals surface area contributed by atoms with Gasteiger partial charge in [0.05, 0.1) is 6.67 Å². The summed E-state index contributed by atoms with van der Waals surface area (Å²) in [5, 5.41) is 0. The number of benzene rings is 1. The molecule has 0 spiro atoms. The Labute approximate surface area is 124 Å². The minimum Gasteiger partial charge on any atom is -0.251 e. The molecule has 1 aromatic rings. The van der Waals surface area contributed by atoms with Gasteiger partial charge in [-0.3, -0.25) is 4.39 Å². The third-order valence-electron chi connectivity index (χ3n) is 3.60. The maximum atomic E-state index is 11.1. The second kappa shape index (κ2) is 8.73. The van der Waals surface area contributed by atoms with Crippen molar-refractivity contribution in [1.82, 2.24) is 0 Å². The van der Waals surface area contributed by atoms with Crippen LogP contribution < -0.4 is 0 Å². The van der Waals surface area contributed by atoms with Gasteiger partial charge in [-0.15, -0.1) is 0 Å². The zero-order chi connectivity index (χ0) is 15.9. The molecule has 0 aliphatic carbocycles. The molecule has 0 nitrogen and oxygen atoms in total. The monoisotopic (exact) mass is 276 g/mol. The van der Waals surface area contributed by atoms with Crippen molar-refractivity contribution < 1.29 is 4.39 Å². The van der Waals surface area contributed by atoms with Gasteiger partial charge in [-0.2, -0.15) is 0 Å². The van der Waals surface area contributed by atoms with E-state index in [-0.39, 0.29) is 12.6 Å². The smallest absolute Gasteiger partial charge is 0.0917 e. The van der Waals surface area contributed by atoms with Gasteiger partial charge in [0.1, 0.15) is 0 Å². The van der Waals surface area contributed by atoms with Gasteiger partial charge >= 0.3 is 0 Å². The van der Waals surface area contributed by atoms with E-state index in [0.717, 1.165) is 5.57 Å². The van der Waals surface area contributed by atoms with Gasteiger partial charge in [0.2, 0.25) is 0 Å². The van der Waals surface area contributed by atoms with E-state index in [2.05, 4.69) is 59.4 Å². The first-order chi connectivity index (χ1) is 9.26. The molecule has 0 aliphatic rings. The highest BCUT2D eigenvalue weighted by atomic mass is 19.1. The number of alkyl halides is 1. The molecule has 0 aliphatic heterocycles. The number of hydrogen-bond donors (Lipinski definition) is 0. The molecule has 0 N–H and O–H groups in total. The average Bonchev–Trinajstić information content (AvgIpc) is 2.44. The van der Waals surface area contributed by atoms with Crippen LogP contribution >= 0.6 is 0 Å². The summed E-state index contributed by atoms with van der Waals surface area (Å²) in [5.41, 5.74) is 7.73. The van der Waals surface area contributed by atoms with Crippen molar-refractivity contribution in [2.75, 3.05) is 6.67 Å². The van der Waals surface area contributed by atoms with Gasteiger partial charge in [0.15, 0.2) is 0 Å². The van der Waals surface area contributed by atoms with Gasteiger partial charge in [-0.25, -0.2) is 0 Å². The molecule has 0 saturated carbocycles. The highest BCUT2D eigenvalue weighted by Gasteiger charge is 2.07. The Morgan fingerprint density at radius 3 is 2.10 bits per heavy atom. The van der Waals surface area contributed by atoms with Gasteiger partial charge in [0, 0.05) is 0 Å². The molecule has 0 amide bonds. The Kier molecular flexibility index (Phi) is 8.13. The zero-order valence-electron chi connectivity index (χ0n) is 14.1. The van der Waals surface area contributed by atoms with E-state index in [0.29, 0.717) is 0 Å². The lowest BCUT2D eigenvalue weighted by Crippen LogP contribution is -1.94. The molecule has 0 bridgehead atoms. The first kappa shape index (κ1) is 18.6. The summed E-state index contributed by atoms with van der Waals surface area (Å²) >= 11 is 0. The van der Waals surface area contributed by atoms with E-state index < -0.39 is 0 Å². The van der Waals surface area contributed by atoms with Crippen LogP contribution in [0.2, 0.25) is 0 Å². The number of halogens is 1. The zero-order valence-corrected chi connectivity index (χ0v) is 14.1. The molecule has 0 atom stereocenters. The largest absolute Gasteiger partial charge is 0.251 e. The second-order valence-electron chi connectivity index (χ2n) is 5.68. The Morgan fingerprint density at radius 1 is 1.20 bits per heavy atom. The lowest BCUT2D eigenvalue weighted by Gasteiger charge is -2.13. The topological polar surface area (TPSA) is 0 Å². The SMILES string of the molecule is C=C(/C(C)=C\C)c1ccc(C)c(C)c1C.CC(C)CF. The maximum Gasteiger partial charge on any atom is 0.0917 e. The Morgan fingerprint density at radius 2 is 1.70 bits per heavy atom. The van der Waals surface area contributed by atoms with E-state index in [4.69, 9.17) is 0 Å². The van der Waals surface area contributed by atoms with Gasteiger partial charge in [-0.05, 0) is 73.9 Å². The lowest BCUT2D eigenvalue weighted by molar-refractivity contribution is 0.404. The molecule has 0 fully saturated rings. The van der Waals surface area contributed by atoms with Gasteiger partial charge < -0.3 is 0 Å². The predicted octanol–water partition coefficient (Wildman–Crippen LogP) is 6.20. The first-order valence-corrected chi connectivity index (χ1v) is 7.21.